The third-order valence-electron chi connectivity index (χ3n) is 2.54. The zero-order chi connectivity index (χ0) is 7.41. The van der Waals surface area contributed by atoms with E-state index in [0.717, 1.165) is 0 Å². The van der Waals surface area contributed by atoms with Gasteiger partial charge in [0.1, 0.15) is 5.54 Å². The number of hydrogen-bond donors (Lipinski definition) is 1. The Bertz CT molecular complexity index is 165. The van der Waals surface area contributed by atoms with Gasteiger partial charge in [-0.1, -0.05) is 0 Å². The quantitative estimate of drug-likeness (QED) is 0.550. The molecule has 0 aromatic rings. The molecular weight excluding hydrogens is 143 g/mol. The average Bonchev–Trinajstić information content (AvgIpc) is 2.36. The van der Waals surface area contributed by atoms with Gasteiger partial charge in [0.2, 0.25) is 0 Å². The number of nitrogens with one attached hydrogen (secondary N) is 1. The molecule has 0 spiro atoms. The first-order valence-electron chi connectivity index (χ1n) is 3.38. The summed E-state index contributed by atoms with van der Waals surface area (Å²) >= 11 is 0. The van der Waals surface area contributed by atoms with Crippen LogP contribution < -0.4 is 5.32 Å². The topological polar surface area (TPSA) is 12.0 Å². The summed E-state index contributed by atoms with van der Waals surface area (Å²) in [6.45, 7) is 0.532. The van der Waals surface area contributed by atoms with Crippen molar-refractivity contribution < 1.29 is 13.2 Å². The van der Waals surface area contributed by atoms with E-state index < -0.39 is 11.7 Å². The number of fused-ring (bicyclic) bond motifs is 1. The van der Waals surface area contributed by atoms with Gasteiger partial charge in [0.05, 0.1) is 0 Å². The van der Waals surface area contributed by atoms with Crippen molar-refractivity contribution in [2.75, 3.05) is 6.54 Å². The van der Waals surface area contributed by atoms with Crippen LogP contribution in [0.2, 0.25) is 0 Å². The highest BCUT2D eigenvalue weighted by atomic mass is 19.4. The van der Waals surface area contributed by atoms with Crippen LogP contribution in [0, 0.1) is 5.92 Å². The number of halogens is 3. The highest BCUT2D eigenvalue weighted by Crippen LogP contribution is 2.58. The van der Waals surface area contributed by atoms with Crippen molar-refractivity contribution in [2.24, 2.45) is 5.92 Å². The molecule has 0 radical (unpaired) electrons. The largest absolute Gasteiger partial charge is 0.406 e. The SMILES string of the molecule is FC(F)(F)C12CC1CCN2. The Balaban J connectivity index is 2.18. The van der Waals surface area contributed by atoms with E-state index in [4.69, 9.17) is 0 Å². The van der Waals surface area contributed by atoms with Crippen molar-refractivity contribution >= 4 is 0 Å². The van der Waals surface area contributed by atoms with E-state index in [1.165, 1.54) is 0 Å². The van der Waals surface area contributed by atoms with E-state index >= 15 is 0 Å². The van der Waals surface area contributed by atoms with Crippen molar-refractivity contribution in [1.29, 1.82) is 0 Å². The van der Waals surface area contributed by atoms with Crippen molar-refractivity contribution in [3.05, 3.63) is 0 Å². The zero-order valence-corrected chi connectivity index (χ0v) is 5.33. The minimum atomic E-state index is -4.02. The lowest BCUT2D eigenvalue weighted by Crippen LogP contribution is -2.42. The van der Waals surface area contributed by atoms with Crippen LogP contribution in [0.15, 0.2) is 0 Å². The predicted molar refractivity (Wildman–Crippen MR) is 29.5 cm³/mol. The van der Waals surface area contributed by atoms with Gasteiger partial charge in [-0.05, 0) is 25.3 Å². The van der Waals surface area contributed by atoms with E-state index in [2.05, 4.69) is 5.32 Å². The third kappa shape index (κ3) is 0.576. The van der Waals surface area contributed by atoms with Gasteiger partial charge in [-0.3, -0.25) is 0 Å². The van der Waals surface area contributed by atoms with E-state index in [9.17, 15) is 13.2 Å². The Morgan fingerprint density at radius 1 is 1.40 bits per heavy atom. The molecule has 1 heterocycles. The van der Waals surface area contributed by atoms with Crippen molar-refractivity contribution in [3.63, 3.8) is 0 Å². The fraction of sp³-hybridized carbons (Fsp3) is 1.00. The maximum Gasteiger partial charge on any atom is 0.406 e. The van der Waals surface area contributed by atoms with Crippen molar-refractivity contribution in [3.8, 4) is 0 Å². The number of hydrogen-bond acceptors (Lipinski definition) is 1. The maximum absolute atomic E-state index is 12.1. The Morgan fingerprint density at radius 3 is 2.30 bits per heavy atom. The van der Waals surface area contributed by atoms with Crippen LogP contribution in [0.4, 0.5) is 13.2 Å². The molecule has 0 amide bonds. The van der Waals surface area contributed by atoms with Gasteiger partial charge in [0.25, 0.3) is 0 Å². The smallest absolute Gasteiger partial charge is 0.303 e. The van der Waals surface area contributed by atoms with E-state index in [1.54, 1.807) is 0 Å². The monoisotopic (exact) mass is 151 g/mol. The number of piperidine rings is 1. The van der Waals surface area contributed by atoms with Gasteiger partial charge in [-0.15, -0.1) is 0 Å². The van der Waals surface area contributed by atoms with Crippen LogP contribution in [-0.2, 0) is 0 Å². The molecule has 2 atom stereocenters. The molecule has 2 fully saturated rings. The first-order chi connectivity index (χ1) is 4.56. The van der Waals surface area contributed by atoms with Crippen LogP contribution in [0.1, 0.15) is 12.8 Å². The minimum absolute atomic E-state index is 0.118. The zero-order valence-electron chi connectivity index (χ0n) is 5.33. The summed E-state index contributed by atoms with van der Waals surface area (Å²) in [7, 11) is 0. The molecule has 2 aliphatic rings. The lowest BCUT2D eigenvalue weighted by Gasteiger charge is -2.16. The standard InChI is InChI=1S/C6H8F3N/c7-6(8,9)5-3-4(5)1-2-10-5/h4,10H,1-3H2. The molecule has 1 aliphatic carbocycles. The summed E-state index contributed by atoms with van der Waals surface area (Å²) in [6, 6.07) is 0. The van der Waals surface area contributed by atoms with Crippen molar-refractivity contribution in [1.82, 2.24) is 5.32 Å². The maximum atomic E-state index is 12.1. The highest BCUT2D eigenvalue weighted by Gasteiger charge is 2.72. The van der Waals surface area contributed by atoms with E-state index in [0.29, 0.717) is 19.4 Å². The minimum Gasteiger partial charge on any atom is -0.303 e. The molecule has 1 saturated carbocycles. The molecular formula is C6H8F3N. The fourth-order valence-corrected chi connectivity index (χ4v) is 1.81. The molecule has 0 aromatic carbocycles. The molecule has 10 heavy (non-hydrogen) atoms. The van der Waals surface area contributed by atoms with Gasteiger partial charge < -0.3 is 5.32 Å². The van der Waals surface area contributed by atoms with Gasteiger partial charge in [0.15, 0.2) is 0 Å². The molecule has 1 N–H and O–H groups in total. The van der Waals surface area contributed by atoms with Crippen LogP contribution in [0.5, 0.6) is 0 Å². The second-order valence-electron chi connectivity index (χ2n) is 3.09. The summed E-state index contributed by atoms with van der Waals surface area (Å²) in [5, 5.41) is 2.52. The van der Waals surface area contributed by atoms with Crippen LogP contribution >= 0.6 is 0 Å². The molecule has 0 bridgehead atoms. The summed E-state index contributed by atoms with van der Waals surface area (Å²) in [6.07, 6.45) is -3.02. The Kier molecular flexibility index (Phi) is 0.966. The van der Waals surface area contributed by atoms with E-state index in [-0.39, 0.29) is 5.92 Å². The Labute approximate surface area is 56.6 Å². The lowest BCUT2D eigenvalue weighted by molar-refractivity contribution is -0.165. The molecule has 0 aromatic heterocycles. The van der Waals surface area contributed by atoms with Crippen LogP contribution in [0.3, 0.4) is 0 Å². The normalized spacial score (nSPS) is 45.3. The molecule has 2 unspecified atom stereocenters. The summed E-state index contributed by atoms with van der Waals surface area (Å²) in [4.78, 5) is 0. The summed E-state index contributed by atoms with van der Waals surface area (Å²) in [5.74, 6) is -0.118. The van der Waals surface area contributed by atoms with Gasteiger partial charge >= 0.3 is 6.18 Å². The van der Waals surface area contributed by atoms with Crippen LogP contribution in [-0.4, -0.2) is 18.3 Å². The molecule has 58 valence electrons. The van der Waals surface area contributed by atoms with E-state index in [1.807, 2.05) is 0 Å². The van der Waals surface area contributed by atoms with Gasteiger partial charge in [-0.2, -0.15) is 13.2 Å². The van der Waals surface area contributed by atoms with Gasteiger partial charge in [0, 0.05) is 0 Å². The molecule has 2 rings (SSSR count). The van der Waals surface area contributed by atoms with Crippen LogP contribution in [0.25, 0.3) is 0 Å². The third-order valence-corrected chi connectivity index (χ3v) is 2.54. The molecule has 4 heteroatoms. The van der Waals surface area contributed by atoms with Gasteiger partial charge in [-0.25, -0.2) is 0 Å². The first kappa shape index (κ1) is 6.46. The molecule has 1 saturated heterocycles. The summed E-state index contributed by atoms with van der Waals surface area (Å²) < 4.78 is 36.4. The van der Waals surface area contributed by atoms with Crippen molar-refractivity contribution in [2.45, 2.75) is 24.6 Å². The lowest BCUT2D eigenvalue weighted by atomic mass is 10.2. The summed E-state index contributed by atoms with van der Waals surface area (Å²) in [5.41, 5.74) is -1.45. The number of alkyl halides is 3. The predicted octanol–water partition coefficient (Wildman–Crippen LogP) is 1.30. The fourth-order valence-electron chi connectivity index (χ4n) is 1.81. The highest BCUT2D eigenvalue weighted by molar-refractivity contribution is 5.18. The first-order valence-corrected chi connectivity index (χ1v) is 3.38. The second-order valence-corrected chi connectivity index (χ2v) is 3.09. The molecule has 1 nitrogen and oxygen atoms in total. The molecule has 1 aliphatic heterocycles. The average molecular weight is 151 g/mol. The Hall–Kier alpha value is -0.250. The number of rotatable bonds is 0. The Morgan fingerprint density at radius 2 is 2.10 bits per heavy atom. The second kappa shape index (κ2) is 1.49.